The number of hydrogen-bond donors (Lipinski definition) is 1. The fourth-order valence-corrected chi connectivity index (χ4v) is 4.06. The van der Waals surface area contributed by atoms with Crippen molar-refractivity contribution in [1.29, 1.82) is 0 Å². The molecule has 1 aromatic carbocycles. The largest absolute Gasteiger partial charge is 0.321 e. The van der Waals surface area contributed by atoms with Crippen LogP contribution in [0.1, 0.15) is 60.7 Å². The third-order valence-corrected chi connectivity index (χ3v) is 5.87. The monoisotopic (exact) mass is 392 g/mol. The van der Waals surface area contributed by atoms with E-state index >= 15 is 0 Å². The number of anilines is 1. The van der Waals surface area contributed by atoms with E-state index in [2.05, 4.69) is 31.2 Å². The number of tetrazole rings is 1. The maximum Gasteiger partial charge on any atom is 0.278 e. The molecule has 2 aromatic heterocycles. The van der Waals surface area contributed by atoms with Crippen molar-refractivity contribution in [3.63, 3.8) is 0 Å². The first-order valence-corrected chi connectivity index (χ1v) is 10.3. The summed E-state index contributed by atoms with van der Waals surface area (Å²) in [4.78, 5) is 12.8. The van der Waals surface area contributed by atoms with Gasteiger partial charge < -0.3 is 5.32 Å². The molecule has 2 saturated carbocycles. The molecule has 1 amide bonds. The van der Waals surface area contributed by atoms with Crippen LogP contribution in [0.25, 0.3) is 11.4 Å². The molecule has 2 heterocycles. The van der Waals surface area contributed by atoms with Crippen LogP contribution in [0.4, 0.5) is 5.69 Å². The molecule has 0 saturated heterocycles. The molecule has 2 aliphatic rings. The van der Waals surface area contributed by atoms with Gasteiger partial charge in [-0.05, 0) is 61.1 Å². The molecule has 0 aliphatic heterocycles. The number of hydrogen-bond acceptors (Lipinski definition) is 6. The fraction of sp³-hybridized carbons (Fsp3) is 0.500. The van der Waals surface area contributed by atoms with Gasteiger partial charge in [-0.1, -0.05) is 30.2 Å². The quantitative estimate of drug-likeness (QED) is 0.692. The van der Waals surface area contributed by atoms with Crippen LogP contribution in [0, 0.1) is 12.8 Å². The Bertz CT molecular complexity index is 1030. The van der Waals surface area contributed by atoms with Gasteiger partial charge in [-0.2, -0.15) is 0 Å². The molecule has 29 heavy (non-hydrogen) atoms. The zero-order valence-electron chi connectivity index (χ0n) is 16.5. The first kappa shape index (κ1) is 18.0. The van der Waals surface area contributed by atoms with E-state index in [1.165, 1.54) is 25.7 Å². The smallest absolute Gasteiger partial charge is 0.278 e. The molecule has 9 heteroatoms. The van der Waals surface area contributed by atoms with Gasteiger partial charge in [0.05, 0.1) is 11.7 Å². The van der Waals surface area contributed by atoms with Crippen LogP contribution >= 0.6 is 0 Å². The molecule has 3 aromatic rings. The predicted molar refractivity (Wildman–Crippen MR) is 106 cm³/mol. The van der Waals surface area contributed by atoms with Crippen molar-refractivity contribution in [2.45, 2.75) is 58.0 Å². The van der Waals surface area contributed by atoms with Crippen molar-refractivity contribution < 1.29 is 4.79 Å². The second-order valence-electron chi connectivity index (χ2n) is 8.07. The van der Waals surface area contributed by atoms with Gasteiger partial charge in [-0.3, -0.25) is 4.79 Å². The van der Waals surface area contributed by atoms with Crippen LogP contribution < -0.4 is 5.32 Å². The van der Waals surface area contributed by atoms with E-state index in [1.807, 2.05) is 40.6 Å². The Kier molecular flexibility index (Phi) is 4.57. The molecule has 5 rings (SSSR count). The van der Waals surface area contributed by atoms with Gasteiger partial charge >= 0.3 is 0 Å². The molecule has 2 aliphatic carbocycles. The Labute approximate surface area is 168 Å². The lowest BCUT2D eigenvalue weighted by atomic mass is 10.1. The van der Waals surface area contributed by atoms with E-state index in [1.54, 1.807) is 0 Å². The third kappa shape index (κ3) is 3.64. The first-order chi connectivity index (χ1) is 14.2. The van der Waals surface area contributed by atoms with Gasteiger partial charge in [0.15, 0.2) is 11.5 Å². The number of aromatic nitrogens is 7. The molecule has 0 atom stereocenters. The van der Waals surface area contributed by atoms with Crippen molar-refractivity contribution in [2.75, 3.05) is 5.32 Å². The van der Waals surface area contributed by atoms with Crippen LogP contribution in [0.2, 0.25) is 0 Å². The van der Waals surface area contributed by atoms with Crippen molar-refractivity contribution in [2.24, 2.45) is 5.92 Å². The van der Waals surface area contributed by atoms with Crippen LogP contribution in [0.15, 0.2) is 24.3 Å². The highest BCUT2D eigenvalue weighted by atomic mass is 16.2. The Morgan fingerprint density at radius 2 is 1.97 bits per heavy atom. The van der Waals surface area contributed by atoms with Crippen molar-refractivity contribution in [1.82, 2.24) is 35.2 Å². The summed E-state index contributed by atoms with van der Waals surface area (Å²) >= 11 is 0. The maximum absolute atomic E-state index is 12.8. The average molecular weight is 392 g/mol. The lowest BCUT2D eigenvalue weighted by molar-refractivity contribution is 0.102. The highest BCUT2D eigenvalue weighted by Gasteiger charge is 2.28. The van der Waals surface area contributed by atoms with Crippen molar-refractivity contribution >= 4 is 11.6 Å². The molecular weight excluding hydrogens is 368 g/mol. The molecule has 150 valence electrons. The Morgan fingerprint density at radius 1 is 1.14 bits per heavy atom. The molecule has 9 nitrogen and oxygen atoms in total. The highest BCUT2D eigenvalue weighted by molar-refractivity contribution is 6.03. The van der Waals surface area contributed by atoms with Crippen LogP contribution in [-0.4, -0.2) is 41.1 Å². The summed E-state index contributed by atoms with van der Waals surface area (Å²) in [5.74, 6) is 1.11. The van der Waals surface area contributed by atoms with Gasteiger partial charge in [0.1, 0.15) is 0 Å². The van der Waals surface area contributed by atoms with E-state index in [0.29, 0.717) is 23.3 Å². The van der Waals surface area contributed by atoms with Gasteiger partial charge in [-0.15, -0.1) is 10.2 Å². The number of nitrogens with zero attached hydrogens (tertiary/aromatic N) is 7. The fourth-order valence-electron chi connectivity index (χ4n) is 4.06. The van der Waals surface area contributed by atoms with Crippen LogP contribution in [0.5, 0.6) is 0 Å². The molecule has 0 spiro atoms. The number of amides is 1. The highest BCUT2D eigenvalue weighted by Crippen LogP contribution is 2.36. The molecule has 1 N–H and O–H groups in total. The Hall–Kier alpha value is -3.10. The van der Waals surface area contributed by atoms with Crippen molar-refractivity contribution in [3.8, 4) is 11.4 Å². The summed E-state index contributed by atoms with van der Waals surface area (Å²) in [5.41, 5.74) is 2.74. The normalized spacial score (nSPS) is 17.0. The minimum absolute atomic E-state index is 0.251. The maximum atomic E-state index is 12.8. The van der Waals surface area contributed by atoms with Crippen LogP contribution in [-0.2, 0) is 6.54 Å². The van der Waals surface area contributed by atoms with Crippen LogP contribution in [0.3, 0.4) is 0 Å². The van der Waals surface area contributed by atoms with Gasteiger partial charge in [-0.25, -0.2) is 9.36 Å². The summed E-state index contributed by atoms with van der Waals surface area (Å²) in [5, 5.41) is 23.4. The van der Waals surface area contributed by atoms with Gasteiger partial charge in [0.2, 0.25) is 0 Å². The summed E-state index contributed by atoms with van der Waals surface area (Å²) in [6.45, 7) is 2.75. The molecule has 0 radical (unpaired) electrons. The summed E-state index contributed by atoms with van der Waals surface area (Å²) in [6.07, 6.45) is 7.23. The van der Waals surface area contributed by atoms with Crippen molar-refractivity contribution in [3.05, 3.63) is 35.7 Å². The number of benzene rings is 1. The SMILES string of the molecule is Cc1c(C(=O)Nc2cccc(-c3nnnn3C3CC3)c2)nnn1CC1CCCC1. The van der Waals surface area contributed by atoms with Gasteiger partial charge in [0.25, 0.3) is 5.91 Å². The Balaban J connectivity index is 1.32. The lowest BCUT2D eigenvalue weighted by Gasteiger charge is -2.10. The van der Waals surface area contributed by atoms with E-state index < -0.39 is 0 Å². The van der Waals surface area contributed by atoms with E-state index in [4.69, 9.17) is 0 Å². The minimum Gasteiger partial charge on any atom is -0.321 e. The topological polar surface area (TPSA) is 103 Å². The van der Waals surface area contributed by atoms with E-state index in [9.17, 15) is 4.79 Å². The number of carbonyl (C=O) groups is 1. The van der Waals surface area contributed by atoms with Gasteiger partial charge in [0, 0.05) is 17.8 Å². The predicted octanol–water partition coefficient (Wildman–Crippen LogP) is 3.02. The number of rotatable bonds is 6. The molecule has 0 unspecified atom stereocenters. The zero-order chi connectivity index (χ0) is 19.8. The standard InChI is InChI=1S/C20H24N8O/c1-13-18(22-25-27(13)12-14-5-2-3-6-14)20(29)21-16-8-4-7-15(11-16)19-23-24-26-28(19)17-9-10-17/h4,7-8,11,14,17H,2-3,5-6,9-10,12H2,1H3,(H,21,29). The molecule has 0 bridgehead atoms. The second-order valence-corrected chi connectivity index (χ2v) is 8.07. The average Bonchev–Trinajstić information content (AvgIpc) is 3.10. The van der Waals surface area contributed by atoms with E-state index in [-0.39, 0.29) is 5.91 Å². The second kappa shape index (κ2) is 7.38. The minimum atomic E-state index is -0.251. The lowest BCUT2D eigenvalue weighted by Crippen LogP contribution is -2.15. The Morgan fingerprint density at radius 3 is 2.76 bits per heavy atom. The molecular formula is C20H24N8O. The van der Waals surface area contributed by atoms with E-state index in [0.717, 1.165) is 36.5 Å². The number of carbonyl (C=O) groups excluding carboxylic acids is 1. The summed E-state index contributed by atoms with van der Waals surface area (Å²) in [7, 11) is 0. The zero-order valence-corrected chi connectivity index (χ0v) is 16.5. The summed E-state index contributed by atoms with van der Waals surface area (Å²) < 4.78 is 3.73. The summed E-state index contributed by atoms with van der Waals surface area (Å²) in [6, 6.07) is 7.96. The third-order valence-electron chi connectivity index (χ3n) is 5.87. The molecule has 2 fully saturated rings. The first-order valence-electron chi connectivity index (χ1n) is 10.3. The number of nitrogens with one attached hydrogen (secondary N) is 1.